The summed E-state index contributed by atoms with van der Waals surface area (Å²) < 4.78 is 6.33. The minimum Gasteiger partial charge on any atom is -0.394 e. The fraction of sp³-hybridized carbons (Fsp3) is 0.500. The molecule has 0 spiro atoms. The lowest BCUT2D eigenvalue weighted by molar-refractivity contribution is -0.0549. The van der Waals surface area contributed by atoms with Gasteiger partial charge < -0.3 is 25.8 Å². The van der Waals surface area contributed by atoms with Crippen LogP contribution in [-0.4, -0.2) is 49.8 Å². The number of hydrogen-bond donors (Lipinski definition) is 4. The van der Waals surface area contributed by atoms with Crippen LogP contribution in [-0.2, 0) is 4.74 Å². The number of allylic oxidation sites excluding steroid dienone is 1. The first-order valence-electron chi connectivity index (χ1n) is 6.13. The Balaban J connectivity index is 2.43. The van der Waals surface area contributed by atoms with Crippen molar-refractivity contribution in [2.45, 2.75) is 31.5 Å². The van der Waals surface area contributed by atoms with E-state index in [0.717, 1.165) is 4.57 Å². The van der Waals surface area contributed by atoms with Gasteiger partial charge >= 0.3 is 5.69 Å². The Morgan fingerprint density at radius 3 is 2.75 bits per heavy atom. The van der Waals surface area contributed by atoms with Gasteiger partial charge in [-0.05, 0) is 6.92 Å². The second-order valence-electron chi connectivity index (χ2n) is 4.50. The first kappa shape index (κ1) is 14.7. The molecule has 20 heavy (non-hydrogen) atoms. The lowest BCUT2D eigenvalue weighted by atomic mass is 10.1. The molecule has 1 aromatic heterocycles. The van der Waals surface area contributed by atoms with Crippen LogP contribution in [0.4, 0.5) is 5.82 Å². The maximum atomic E-state index is 11.8. The summed E-state index contributed by atoms with van der Waals surface area (Å²) in [5.41, 5.74) is 5.41. The first-order valence-corrected chi connectivity index (χ1v) is 6.13. The topological polar surface area (TPSA) is 131 Å². The van der Waals surface area contributed by atoms with Crippen LogP contribution in [0.25, 0.3) is 6.08 Å². The zero-order valence-electron chi connectivity index (χ0n) is 10.9. The van der Waals surface area contributed by atoms with Crippen LogP contribution in [0.15, 0.2) is 17.1 Å². The van der Waals surface area contributed by atoms with E-state index in [1.54, 1.807) is 19.1 Å². The average Bonchev–Trinajstić information content (AvgIpc) is 2.70. The number of nitrogens with zero attached hydrogens (tertiary/aromatic N) is 2. The van der Waals surface area contributed by atoms with E-state index in [0.29, 0.717) is 5.56 Å². The fourth-order valence-corrected chi connectivity index (χ4v) is 2.10. The quantitative estimate of drug-likeness (QED) is 0.529. The van der Waals surface area contributed by atoms with Gasteiger partial charge in [-0.1, -0.05) is 12.2 Å². The Morgan fingerprint density at radius 2 is 2.20 bits per heavy atom. The lowest BCUT2D eigenvalue weighted by Crippen LogP contribution is -2.36. The standard InChI is InChI=1S/C12H17N3O5/c1-2-3-6-4-15(12(19)14-10(6)13)11-9(18)8(17)7(5-16)20-11/h2-4,7-9,11,16-18H,5H2,1H3,(H2,13,14,19)/b3-2-/t7-,8-,9+,11-/m1/s1. The zero-order chi connectivity index (χ0) is 14.9. The lowest BCUT2D eigenvalue weighted by Gasteiger charge is -2.18. The summed E-state index contributed by atoms with van der Waals surface area (Å²) in [5.74, 6) is 0.0658. The monoisotopic (exact) mass is 283 g/mol. The molecule has 0 saturated carbocycles. The number of nitrogens with two attached hydrogens (primary N) is 1. The van der Waals surface area contributed by atoms with Crippen LogP contribution in [0, 0.1) is 0 Å². The molecular weight excluding hydrogens is 266 g/mol. The molecule has 2 heterocycles. The molecule has 1 saturated heterocycles. The predicted octanol–water partition coefficient (Wildman–Crippen LogP) is -1.53. The molecule has 1 aliphatic rings. The van der Waals surface area contributed by atoms with Crippen molar-refractivity contribution in [3.8, 4) is 0 Å². The molecule has 0 bridgehead atoms. The summed E-state index contributed by atoms with van der Waals surface area (Å²) >= 11 is 0. The molecule has 1 aromatic rings. The Morgan fingerprint density at radius 1 is 1.50 bits per heavy atom. The number of aromatic nitrogens is 2. The second-order valence-corrected chi connectivity index (χ2v) is 4.50. The summed E-state index contributed by atoms with van der Waals surface area (Å²) in [6.45, 7) is 1.31. The minimum atomic E-state index is -1.34. The maximum Gasteiger partial charge on any atom is 0.351 e. The normalized spacial score (nSPS) is 30.2. The van der Waals surface area contributed by atoms with Crippen LogP contribution in [0.2, 0.25) is 0 Å². The van der Waals surface area contributed by atoms with Crippen LogP contribution in [0.1, 0.15) is 18.7 Å². The van der Waals surface area contributed by atoms with Crippen molar-refractivity contribution in [3.05, 3.63) is 28.3 Å². The third kappa shape index (κ3) is 2.46. The Bertz CT molecular complexity index is 571. The highest BCUT2D eigenvalue weighted by molar-refractivity contribution is 5.59. The molecule has 110 valence electrons. The fourth-order valence-electron chi connectivity index (χ4n) is 2.10. The van der Waals surface area contributed by atoms with Gasteiger partial charge in [0.05, 0.1) is 6.61 Å². The molecule has 0 aromatic carbocycles. The molecule has 0 unspecified atom stereocenters. The van der Waals surface area contributed by atoms with E-state index in [1.807, 2.05) is 0 Å². The molecule has 8 nitrogen and oxygen atoms in total. The number of aliphatic hydroxyl groups is 3. The van der Waals surface area contributed by atoms with Crippen molar-refractivity contribution in [1.29, 1.82) is 0 Å². The largest absolute Gasteiger partial charge is 0.394 e. The minimum absolute atomic E-state index is 0.0658. The number of aliphatic hydroxyl groups excluding tert-OH is 3. The predicted molar refractivity (Wildman–Crippen MR) is 70.6 cm³/mol. The maximum absolute atomic E-state index is 11.8. The van der Waals surface area contributed by atoms with E-state index in [-0.39, 0.29) is 5.82 Å². The van der Waals surface area contributed by atoms with E-state index in [9.17, 15) is 15.0 Å². The first-order chi connectivity index (χ1) is 9.49. The summed E-state index contributed by atoms with van der Waals surface area (Å²) in [4.78, 5) is 15.5. The van der Waals surface area contributed by atoms with Crippen LogP contribution < -0.4 is 11.4 Å². The van der Waals surface area contributed by atoms with E-state index >= 15 is 0 Å². The molecule has 0 aliphatic carbocycles. The molecule has 4 atom stereocenters. The SMILES string of the molecule is C/C=C\c1cn([C@@H]2O[C@H](CO)[C@@H](O)[C@@H]2O)c(=O)nc1N. The van der Waals surface area contributed by atoms with Crippen molar-refractivity contribution < 1.29 is 20.1 Å². The highest BCUT2D eigenvalue weighted by Crippen LogP contribution is 2.28. The molecular formula is C12H17N3O5. The summed E-state index contributed by atoms with van der Waals surface area (Å²) in [5, 5.41) is 28.6. The summed E-state index contributed by atoms with van der Waals surface area (Å²) in [7, 11) is 0. The number of hydrogen-bond acceptors (Lipinski definition) is 7. The number of ether oxygens (including phenoxy) is 1. The van der Waals surface area contributed by atoms with Gasteiger partial charge in [-0.2, -0.15) is 4.98 Å². The van der Waals surface area contributed by atoms with Crippen LogP contribution >= 0.6 is 0 Å². The van der Waals surface area contributed by atoms with Crippen LogP contribution in [0.5, 0.6) is 0 Å². The Labute approximate surface area is 114 Å². The molecule has 0 radical (unpaired) electrons. The molecule has 5 N–H and O–H groups in total. The molecule has 1 aliphatic heterocycles. The van der Waals surface area contributed by atoms with Crippen molar-refractivity contribution in [2.75, 3.05) is 12.3 Å². The molecule has 2 rings (SSSR count). The third-order valence-electron chi connectivity index (χ3n) is 3.15. The van der Waals surface area contributed by atoms with E-state index in [2.05, 4.69) is 4.98 Å². The van der Waals surface area contributed by atoms with Crippen LogP contribution in [0.3, 0.4) is 0 Å². The summed E-state index contributed by atoms with van der Waals surface area (Å²) in [6.07, 6.45) is 0.0779. The summed E-state index contributed by atoms with van der Waals surface area (Å²) in [6, 6.07) is 0. The van der Waals surface area contributed by atoms with Gasteiger partial charge in [-0.15, -0.1) is 0 Å². The van der Waals surface area contributed by atoms with Gasteiger partial charge in [0, 0.05) is 11.8 Å². The zero-order valence-corrected chi connectivity index (χ0v) is 10.9. The highest BCUT2D eigenvalue weighted by Gasteiger charge is 2.43. The van der Waals surface area contributed by atoms with Gasteiger partial charge in [-0.3, -0.25) is 4.57 Å². The Kier molecular flexibility index (Phi) is 4.19. The third-order valence-corrected chi connectivity index (χ3v) is 3.15. The van der Waals surface area contributed by atoms with E-state index in [1.165, 1.54) is 6.20 Å². The number of anilines is 1. The van der Waals surface area contributed by atoms with Crippen molar-refractivity contribution in [3.63, 3.8) is 0 Å². The smallest absolute Gasteiger partial charge is 0.351 e. The van der Waals surface area contributed by atoms with Gasteiger partial charge in [0.25, 0.3) is 0 Å². The molecule has 8 heteroatoms. The van der Waals surface area contributed by atoms with Gasteiger partial charge in [0.2, 0.25) is 0 Å². The average molecular weight is 283 g/mol. The van der Waals surface area contributed by atoms with Crippen molar-refractivity contribution in [2.24, 2.45) is 0 Å². The number of nitrogen functional groups attached to an aromatic ring is 1. The molecule has 0 amide bonds. The van der Waals surface area contributed by atoms with E-state index < -0.39 is 36.8 Å². The van der Waals surface area contributed by atoms with E-state index in [4.69, 9.17) is 15.6 Å². The molecule has 1 fully saturated rings. The van der Waals surface area contributed by atoms with Gasteiger partial charge in [0.15, 0.2) is 6.23 Å². The van der Waals surface area contributed by atoms with Crippen molar-refractivity contribution >= 4 is 11.9 Å². The number of rotatable bonds is 3. The highest BCUT2D eigenvalue weighted by atomic mass is 16.6. The van der Waals surface area contributed by atoms with Gasteiger partial charge in [-0.25, -0.2) is 4.79 Å². The van der Waals surface area contributed by atoms with Crippen molar-refractivity contribution in [1.82, 2.24) is 9.55 Å². The Hall–Kier alpha value is -1.74. The second kappa shape index (κ2) is 5.71. The van der Waals surface area contributed by atoms with Gasteiger partial charge in [0.1, 0.15) is 24.1 Å².